The van der Waals surface area contributed by atoms with Crippen molar-refractivity contribution in [1.82, 2.24) is 15.3 Å². The van der Waals surface area contributed by atoms with Gasteiger partial charge in [0.05, 0.1) is 12.6 Å². The first kappa shape index (κ1) is 16.3. The molecule has 0 saturated heterocycles. The monoisotopic (exact) mass is 345 g/mol. The lowest BCUT2D eigenvalue weighted by molar-refractivity contribution is 0.0935. The molecule has 1 unspecified atom stereocenters. The predicted molar refractivity (Wildman–Crippen MR) is 98.8 cm³/mol. The molecule has 3 aromatic rings. The molecular formula is C21H19N3O2. The average molecular weight is 345 g/mol. The summed E-state index contributed by atoms with van der Waals surface area (Å²) >= 11 is 0. The van der Waals surface area contributed by atoms with E-state index in [1.165, 1.54) is 6.33 Å². The van der Waals surface area contributed by atoms with Crippen LogP contribution in [-0.2, 0) is 0 Å². The van der Waals surface area contributed by atoms with E-state index in [0.717, 1.165) is 35.3 Å². The van der Waals surface area contributed by atoms with Crippen LogP contribution in [0.1, 0.15) is 34.8 Å². The number of nitrogens with one attached hydrogen (secondary N) is 1. The predicted octanol–water partition coefficient (Wildman–Crippen LogP) is 3.79. The van der Waals surface area contributed by atoms with Crippen molar-refractivity contribution in [3.05, 3.63) is 78.4 Å². The van der Waals surface area contributed by atoms with Gasteiger partial charge in [0, 0.05) is 29.1 Å². The molecule has 1 atom stereocenters. The van der Waals surface area contributed by atoms with Crippen LogP contribution < -0.4 is 10.1 Å². The number of carbonyl (C=O) groups is 1. The van der Waals surface area contributed by atoms with Gasteiger partial charge in [0.15, 0.2) is 0 Å². The molecule has 1 aliphatic heterocycles. The van der Waals surface area contributed by atoms with Crippen molar-refractivity contribution in [2.24, 2.45) is 0 Å². The highest BCUT2D eigenvalue weighted by molar-refractivity contribution is 6.01. The Kier molecular flexibility index (Phi) is 4.60. The number of carbonyl (C=O) groups excluding carboxylic acids is 1. The fraction of sp³-hybridized carbons (Fsp3) is 0.190. The number of rotatable bonds is 3. The van der Waals surface area contributed by atoms with Gasteiger partial charge in [-0.3, -0.25) is 4.79 Å². The molecule has 4 rings (SSSR count). The molecule has 1 aromatic heterocycles. The average Bonchev–Trinajstić information content (AvgIpc) is 2.91. The van der Waals surface area contributed by atoms with Gasteiger partial charge >= 0.3 is 0 Å². The fourth-order valence-corrected chi connectivity index (χ4v) is 3.28. The SMILES string of the molecule is O=C(NC1CCCOc2ccccc21)c1ccccc1-c1cncnc1. The molecule has 26 heavy (non-hydrogen) atoms. The molecule has 1 aliphatic rings. The minimum absolute atomic E-state index is 0.0683. The number of fused-ring (bicyclic) bond motifs is 1. The summed E-state index contributed by atoms with van der Waals surface area (Å²) in [6, 6.07) is 15.4. The van der Waals surface area contributed by atoms with E-state index in [0.29, 0.717) is 12.2 Å². The van der Waals surface area contributed by atoms with E-state index >= 15 is 0 Å². The molecule has 0 radical (unpaired) electrons. The van der Waals surface area contributed by atoms with E-state index in [9.17, 15) is 4.79 Å². The van der Waals surface area contributed by atoms with Crippen LogP contribution in [0.25, 0.3) is 11.1 Å². The number of benzene rings is 2. The van der Waals surface area contributed by atoms with Gasteiger partial charge in [0.1, 0.15) is 12.1 Å². The van der Waals surface area contributed by atoms with Crippen molar-refractivity contribution in [2.45, 2.75) is 18.9 Å². The number of hydrogen-bond acceptors (Lipinski definition) is 4. The molecule has 1 N–H and O–H groups in total. The molecule has 0 aliphatic carbocycles. The molecule has 5 heteroatoms. The van der Waals surface area contributed by atoms with Crippen LogP contribution in [-0.4, -0.2) is 22.5 Å². The maximum absolute atomic E-state index is 13.0. The van der Waals surface area contributed by atoms with Gasteiger partial charge in [-0.15, -0.1) is 0 Å². The van der Waals surface area contributed by atoms with Crippen LogP contribution in [0, 0.1) is 0 Å². The molecule has 0 saturated carbocycles. The van der Waals surface area contributed by atoms with Gasteiger partial charge in [0.25, 0.3) is 5.91 Å². The van der Waals surface area contributed by atoms with Crippen molar-refractivity contribution >= 4 is 5.91 Å². The summed E-state index contributed by atoms with van der Waals surface area (Å²) in [5.74, 6) is 0.742. The van der Waals surface area contributed by atoms with Gasteiger partial charge in [-0.2, -0.15) is 0 Å². The Morgan fingerprint density at radius 2 is 1.81 bits per heavy atom. The van der Waals surface area contributed by atoms with Gasteiger partial charge in [-0.1, -0.05) is 36.4 Å². The lowest BCUT2D eigenvalue weighted by Gasteiger charge is -2.19. The number of nitrogens with zero attached hydrogens (tertiary/aromatic N) is 2. The normalized spacial score (nSPS) is 16.1. The summed E-state index contributed by atoms with van der Waals surface area (Å²) in [7, 11) is 0. The van der Waals surface area contributed by atoms with Crippen molar-refractivity contribution < 1.29 is 9.53 Å². The minimum atomic E-state index is -0.105. The van der Waals surface area contributed by atoms with E-state index in [4.69, 9.17) is 4.74 Å². The summed E-state index contributed by atoms with van der Waals surface area (Å²) in [4.78, 5) is 21.2. The van der Waals surface area contributed by atoms with Crippen molar-refractivity contribution in [3.8, 4) is 16.9 Å². The first-order valence-electron chi connectivity index (χ1n) is 8.70. The minimum Gasteiger partial charge on any atom is -0.493 e. The lowest BCUT2D eigenvalue weighted by Crippen LogP contribution is -2.28. The Hall–Kier alpha value is -3.21. The first-order valence-corrected chi connectivity index (χ1v) is 8.70. The Labute approximate surface area is 152 Å². The third kappa shape index (κ3) is 3.28. The second-order valence-corrected chi connectivity index (χ2v) is 6.23. The van der Waals surface area contributed by atoms with Crippen molar-refractivity contribution in [1.29, 1.82) is 0 Å². The summed E-state index contributed by atoms with van der Waals surface area (Å²) in [5.41, 5.74) is 3.29. The van der Waals surface area contributed by atoms with Crippen LogP contribution in [0.5, 0.6) is 5.75 Å². The topological polar surface area (TPSA) is 64.1 Å². The summed E-state index contributed by atoms with van der Waals surface area (Å²) in [6.07, 6.45) is 6.66. The molecular weight excluding hydrogens is 326 g/mol. The molecule has 130 valence electrons. The Bertz CT molecular complexity index is 912. The van der Waals surface area contributed by atoms with Crippen LogP contribution in [0.3, 0.4) is 0 Å². The van der Waals surface area contributed by atoms with E-state index in [2.05, 4.69) is 15.3 Å². The maximum Gasteiger partial charge on any atom is 0.252 e. The lowest BCUT2D eigenvalue weighted by atomic mass is 9.99. The number of ether oxygens (including phenoxy) is 1. The van der Waals surface area contributed by atoms with Crippen LogP contribution in [0.15, 0.2) is 67.3 Å². The van der Waals surface area contributed by atoms with Crippen molar-refractivity contribution in [2.75, 3.05) is 6.61 Å². The third-order valence-corrected chi connectivity index (χ3v) is 4.54. The third-order valence-electron chi connectivity index (χ3n) is 4.54. The van der Waals surface area contributed by atoms with E-state index in [1.807, 2.05) is 48.5 Å². The zero-order valence-electron chi connectivity index (χ0n) is 14.3. The van der Waals surface area contributed by atoms with Crippen LogP contribution >= 0.6 is 0 Å². The second-order valence-electron chi connectivity index (χ2n) is 6.23. The van der Waals surface area contributed by atoms with Gasteiger partial charge in [0.2, 0.25) is 0 Å². The smallest absolute Gasteiger partial charge is 0.252 e. The quantitative estimate of drug-likeness (QED) is 0.784. The van der Waals surface area contributed by atoms with Crippen LogP contribution in [0.2, 0.25) is 0 Å². The van der Waals surface area contributed by atoms with E-state index in [1.54, 1.807) is 12.4 Å². The first-order chi connectivity index (χ1) is 12.8. The summed E-state index contributed by atoms with van der Waals surface area (Å²) in [5, 5.41) is 3.18. The molecule has 2 aromatic carbocycles. The molecule has 0 bridgehead atoms. The number of para-hydroxylation sites is 1. The fourth-order valence-electron chi connectivity index (χ4n) is 3.28. The summed E-state index contributed by atoms with van der Waals surface area (Å²) in [6.45, 7) is 0.668. The largest absolute Gasteiger partial charge is 0.493 e. The zero-order chi connectivity index (χ0) is 17.8. The van der Waals surface area contributed by atoms with Crippen molar-refractivity contribution in [3.63, 3.8) is 0 Å². The highest BCUT2D eigenvalue weighted by Crippen LogP contribution is 2.32. The number of hydrogen-bond donors (Lipinski definition) is 1. The highest BCUT2D eigenvalue weighted by atomic mass is 16.5. The van der Waals surface area contributed by atoms with Gasteiger partial charge < -0.3 is 10.1 Å². The molecule has 2 heterocycles. The zero-order valence-corrected chi connectivity index (χ0v) is 14.3. The maximum atomic E-state index is 13.0. The Balaban J connectivity index is 1.64. The van der Waals surface area contributed by atoms with Gasteiger partial charge in [-0.25, -0.2) is 9.97 Å². The summed E-state index contributed by atoms with van der Waals surface area (Å²) < 4.78 is 5.79. The van der Waals surface area contributed by atoms with Gasteiger partial charge in [-0.05, 0) is 30.5 Å². The molecule has 5 nitrogen and oxygen atoms in total. The Morgan fingerprint density at radius 3 is 2.69 bits per heavy atom. The van der Waals surface area contributed by atoms with Crippen LogP contribution in [0.4, 0.5) is 0 Å². The molecule has 0 spiro atoms. The second kappa shape index (κ2) is 7.35. The number of aromatic nitrogens is 2. The van der Waals surface area contributed by atoms with E-state index in [-0.39, 0.29) is 11.9 Å². The van der Waals surface area contributed by atoms with E-state index < -0.39 is 0 Å². The molecule has 0 fully saturated rings. The number of amides is 1. The highest BCUT2D eigenvalue weighted by Gasteiger charge is 2.22. The molecule has 1 amide bonds. The Morgan fingerprint density at radius 1 is 1.04 bits per heavy atom. The standard InChI is InChI=1S/C21H19N3O2/c25-21(17-7-2-1-6-16(17)15-12-22-14-23-13-15)24-19-9-5-11-26-20-10-4-3-8-18(19)20/h1-4,6-8,10,12-14,19H,5,9,11H2,(H,24,25).